The molecule has 5 heteroatoms. The van der Waals surface area contributed by atoms with Crippen molar-refractivity contribution in [2.45, 2.75) is 32.2 Å². The second-order valence-electron chi connectivity index (χ2n) is 4.89. The molecule has 0 aromatic heterocycles. The van der Waals surface area contributed by atoms with Gasteiger partial charge in [-0.05, 0) is 49.4 Å². The number of urea groups is 1. The number of rotatable bonds is 6. The van der Waals surface area contributed by atoms with Gasteiger partial charge in [-0.3, -0.25) is 0 Å². The minimum atomic E-state index is -0.116. The first-order valence-electron chi connectivity index (χ1n) is 7.11. The Morgan fingerprint density at radius 2 is 2.35 bits per heavy atom. The molecule has 1 atom stereocenters. The summed E-state index contributed by atoms with van der Waals surface area (Å²) in [4.78, 5) is 11.8. The van der Waals surface area contributed by atoms with Crippen molar-refractivity contribution in [1.82, 2.24) is 10.6 Å². The number of aryl methyl sites for hydroxylation is 1. The van der Waals surface area contributed by atoms with E-state index in [0.717, 1.165) is 24.3 Å². The van der Waals surface area contributed by atoms with Crippen LogP contribution in [0.4, 0.5) is 4.79 Å². The first-order valence-corrected chi connectivity index (χ1v) is 7.49. The van der Waals surface area contributed by atoms with Gasteiger partial charge in [-0.2, -0.15) is 0 Å². The molecule has 2 N–H and O–H groups in total. The molecule has 1 aliphatic rings. The van der Waals surface area contributed by atoms with Crippen LogP contribution in [-0.2, 0) is 11.2 Å². The van der Waals surface area contributed by atoms with E-state index in [9.17, 15) is 4.79 Å². The van der Waals surface area contributed by atoms with Gasteiger partial charge < -0.3 is 15.4 Å². The summed E-state index contributed by atoms with van der Waals surface area (Å²) in [5.41, 5.74) is 2.41. The van der Waals surface area contributed by atoms with Crippen LogP contribution in [0.15, 0.2) is 18.2 Å². The lowest BCUT2D eigenvalue weighted by Crippen LogP contribution is -2.38. The quantitative estimate of drug-likeness (QED) is 0.793. The SMILES string of the molecule is CCOCCCNC(=O)NC1CCc2cc(Cl)ccc21. The first-order chi connectivity index (χ1) is 9.70. The van der Waals surface area contributed by atoms with Gasteiger partial charge in [-0.1, -0.05) is 17.7 Å². The van der Waals surface area contributed by atoms with Crippen LogP contribution >= 0.6 is 11.6 Å². The third kappa shape index (κ3) is 4.12. The van der Waals surface area contributed by atoms with Gasteiger partial charge in [0.25, 0.3) is 0 Å². The highest BCUT2D eigenvalue weighted by Gasteiger charge is 2.23. The number of hydrogen-bond acceptors (Lipinski definition) is 2. The van der Waals surface area contributed by atoms with Gasteiger partial charge in [0.2, 0.25) is 0 Å². The Bertz CT molecular complexity index is 465. The zero-order valence-electron chi connectivity index (χ0n) is 11.7. The smallest absolute Gasteiger partial charge is 0.315 e. The van der Waals surface area contributed by atoms with Crippen molar-refractivity contribution < 1.29 is 9.53 Å². The van der Waals surface area contributed by atoms with Crippen LogP contribution in [0.25, 0.3) is 0 Å². The third-order valence-corrected chi connectivity index (χ3v) is 3.68. The van der Waals surface area contributed by atoms with E-state index in [0.29, 0.717) is 19.8 Å². The summed E-state index contributed by atoms with van der Waals surface area (Å²) in [5.74, 6) is 0. The maximum atomic E-state index is 11.8. The fourth-order valence-electron chi connectivity index (χ4n) is 2.47. The number of carbonyl (C=O) groups excluding carboxylic acids is 1. The number of hydrogen-bond donors (Lipinski definition) is 2. The van der Waals surface area contributed by atoms with Crippen molar-refractivity contribution in [3.05, 3.63) is 34.3 Å². The van der Waals surface area contributed by atoms with E-state index in [1.54, 1.807) is 0 Å². The van der Waals surface area contributed by atoms with Crippen LogP contribution in [-0.4, -0.2) is 25.8 Å². The molecule has 20 heavy (non-hydrogen) atoms. The van der Waals surface area contributed by atoms with E-state index in [4.69, 9.17) is 16.3 Å². The molecule has 0 saturated heterocycles. The van der Waals surface area contributed by atoms with Crippen LogP contribution in [0.2, 0.25) is 5.02 Å². The van der Waals surface area contributed by atoms with Crippen molar-refractivity contribution in [2.75, 3.05) is 19.8 Å². The van der Waals surface area contributed by atoms with E-state index in [1.807, 2.05) is 25.1 Å². The predicted molar refractivity (Wildman–Crippen MR) is 80.2 cm³/mol. The molecule has 4 nitrogen and oxygen atoms in total. The Balaban J connectivity index is 1.76. The van der Waals surface area contributed by atoms with Crippen molar-refractivity contribution in [2.24, 2.45) is 0 Å². The van der Waals surface area contributed by atoms with Gasteiger partial charge >= 0.3 is 6.03 Å². The van der Waals surface area contributed by atoms with Gasteiger partial charge in [0.15, 0.2) is 0 Å². The van der Waals surface area contributed by atoms with Crippen molar-refractivity contribution in [3.63, 3.8) is 0 Å². The predicted octanol–water partition coefficient (Wildman–Crippen LogP) is 3.05. The van der Waals surface area contributed by atoms with Crippen LogP contribution in [0, 0.1) is 0 Å². The van der Waals surface area contributed by atoms with E-state index in [1.165, 1.54) is 11.1 Å². The summed E-state index contributed by atoms with van der Waals surface area (Å²) in [6.07, 6.45) is 2.73. The zero-order chi connectivity index (χ0) is 14.4. The molecule has 1 aromatic carbocycles. The van der Waals surface area contributed by atoms with E-state index in [2.05, 4.69) is 10.6 Å². The van der Waals surface area contributed by atoms with Crippen molar-refractivity contribution >= 4 is 17.6 Å². The largest absolute Gasteiger partial charge is 0.382 e. The lowest BCUT2D eigenvalue weighted by atomic mass is 10.1. The Morgan fingerprint density at radius 1 is 1.50 bits per heavy atom. The van der Waals surface area contributed by atoms with Crippen LogP contribution in [0.1, 0.15) is 36.9 Å². The van der Waals surface area contributed by atoms with Gasteiger partial charge in [-0.25, -0.2) is 4.79 Å². The van der Waals surface area contributed by atoms with E-state index in [-0.39, 0.29) is 12.1 Å². The number of ether oxygens (including phenoxy) is 1. The molecule has 1 unspecified atom stereocenters. The minimum Gasteiger partial charge on any atom is -0.382 e. The molecule has 0 bridgehead atoms. The molecule has 0 aliphatic heterocycles. The molecule has 2 amide bonds. The number of carbonyl (C=O) groups is 1. The van der Waals surface area contributed by atoms with Gasteiger partial charge in [0.1, 0.15) is 0 Å². The highest BCUT2D eigenvalue weighted by molar-refractivity contribution is 6.30. The molecular weight excluding hydrogens is 276 g/mol. The minimum absolute atomic E-state index is 0.0918. The van der Waals surface area contributed by atoms with E-state index >= 15 is 0 Å². The summed E-state index contributed by atoms with van der Waals surface area (Å²) >= 11 is 5.98. The second kappa shape index (κ2) is 7.50. The molecule has 2 rings (SSSR count). The zero-order valence-corrected chi connectivity index (χ0v) is 12.5. The number of benzene rings is 1. The maximum Gasteiger partial charge on any atom is 0.315 e. The maximum absolute atomic E-state index is 11.8. The Kier molecular flexibility index (Phi) is 5.68. The monoisotopic (exact) mass is 296 g/mol. The Hall–Kier alpha value is -1.26. The van der Waals surface area contributed by atoms with Crippen LogP contribution < -0.4 is 10.6 Å². The van der Waals surface area contributed by atoms with Gasteiger partial charge in [0.05, 0.1) is 6.04 Å². The number of nitrogens with one attached hydrogen (secondary N) is 2. The fraction of sp³-hybridized carbons (Fsp3) is 0.533. The highest BCUT2D eigenvalue weighted by Crippen LogP contribution is 2.32. The molecule has 0 fully saturated rings. The Morgan fingerprint density at radius 3 is 3.15 bits per heavy atom. The molecule has 1 aromatic rings. The topological polar surface area (TPSA) is 50.4 Å². The van der Waals surface area contributed by atoms with Crippen molar-refractivity contribution in [3.8, 4) is 0 Å². The average molecular weight is 297 g/mol. The van der Waals surface area contributed by atoms with Gasteiger partial charge in [-0.15, -0.1) is 0 Å². The molecule has 0 radical (unpaired) electrons. The summed E-state index contributed by atoms with van der Waals surface area (Å²) in [6, 6.07) is 5.84. The highest BCUT2D eigenvalue weighted by atomic mass is 35.5. The summed E-state index contributed by atoms with van der Waals surface area (Å²) in [5, 5.41) is 6.62. The lowest BCUT2D eigenvalue weighted by molar-refractivity contribution is 0.145. The third-order valence-electron chi connectivity index (χ3n) is 3.44. The Labute approximate surface area is 124 Å². The number of halogens is 1. The van der Waals surface area contributed by atoms with Gasteiger partial charge in [0, 0.05) is 24.8 Å². The number of fused-ring (bicyclic) bond motifs is 1. The molecular formula is C15H21ClN2O2. The summed E-state index contributed by atoms with van der Waals surface area (Å²) in [7, 11) is 0. The summed E-state index contributed by atoms with van der Waals surface area (Å²) < 4.78 is 5.22. The molecule has 0 heterocycles. The molecule has 0 spiro atoms. The molecule has 1 aliphatic carbocycles. The second-order valence-corrected chi connectivity index (χ2v) is 5.32. The molecule has 0 saturated carbocycles. The molecule has 110 valence electrons. The normalized spacial score (nSPS) is 16.8. The first kappa shape index (κ1) is 15.1. The van der Waals surface area contributed by atoms with E-state index < -0.39 is 0 Å². The van der Waals surface area contributed by atoms with Crippen molar-refractivity contribution in [1.29, 1.82) is 0 Å². The lowest BCUT2D eigenvalue weighted by Gasteiger charge is -2.15. The fourth-order valence-corrected chi connectivity index (χ4v) is 2.66. The summed E-state index contributed by atoms with van der Waals surface area (Å²) in [6.45, 7) is 3.99. The standard InChI is InChI=1S/C15H21ClN2O2/c1-2-20-9-3-8-17-15(19)18-14-7-4-11-10-12(16)5-6-13(11)14/h5-6,10,14H,2-4,7-9H2,1H3,(H2,17,18,19). The average Bonchev–Trinajstić information content (AvgIpc) is 2.81. The van der Waals surface area contributed by atoms with Crippen LogP contribution in [0.5, 0.6) is 0 Å². The number of amides is 2. The van der Waals surface area contributed by atoms with Crippen LogP contribution in [0.3, 0.4) is 0 Å².